The Hall–Kier alpha value is -1.52. The quantitative estimate of drug-likeness (QED) is 0.369. The SMILES string of the molecule is CCC[NH+](c1c(F)c(F)c(F)c(F)c1F)C(F)(F)C(F)(F)F. The third-order valence-corrected chi connectivity index (χ3v) is 2.75. The van der Waals surface area contributed by atoms with Gasteiger partial charge in [0.2, 0.25) is 34.8 Å². The molecule has 11 heteroatoms. The molecular weight excluding hydrogens is 336 g/mol. The van der Waals surface area contributed by atoms with Gasteiger partial charge in [0.1, 0.15) is 0 Å². The maximum Gasteiger partial charge on any atom is 0.515 e. The van der Waals surface area contributed by atoms with Gasteiger partial charge in [0.15, 0.2) is 0 Å². The average Bonchev–Trinajstić information content (AvgIpc) is 2.41. The zero-order valence-corrected chi connectivity index (χ0v) is 10.7. The Balaban J connectivity index is 3.67. The predicted molar refractivity (Wildman–Crippen MR) is 53.0 cm³/mol. The lowest BCUT2D eigenvalue weighted by molar-refractivity contribution is -0.951. The molecule has 0 aromatic heterocycles. The molecule has 1 aromatic rings. The third-order valence-electron chi connectivity index (χ3n) is 2.75. The monoisotopic (exact) mass is 344 g/mol. The van der Waals surface area contributed by atoms with Crippen LogP contribution in [0.15, 0.2) is 0 Å². The zero-order valence-electron chi connectivity index (χ0n) is 10.7. The van der Waals surface area contributed by atoms with Gasteiger partial charge in [-0.1, -0.05) is 6.92 Å². The highest BCUT2D eigenvalue weighted by atomic mass is 19.4. The Kier molecular flexibility index (Phi) is 5.00. The van der Waals surface area contributed by atoms with Crippen LogP contribution in [-0.2, 0) is 0 Å². The van der Waals surface area contributed by atoms with Crippen molar-refractivity contribution < 1.29 is 48.8 Å². The van der Waals surface area contributed by atoms with E-state index in [4.69, 9.17) is 0 Å². The molecule has 0 bridgehead atoms. The summed E-state index contributed by atoms with van der Waals surface area (Å²) in [5, 5.41) is 0. The van der Waals surface area contributed by atoms with Crippen LogP contribution in [0.2, 0.25) is 0 Å². The molecule has 1 nitrogen and oxygen atoms in total. The molecule has 1 unspecified atom stereocenters. The van der Waals surface area contributed by atoms with E-state index in [0.29, 0.717) is 0 Å². The summed E-state index contributed by atoms with van der Waals surface area (Å²) in [6.07, 6.45) is -6.70. The second kappa shape index (κ2) is 5.94. The van der Waals surface area contributed by atoms with Crippen molar-refractivity contribution in [2.45, 2.75) is 25.6 Å². The normalized spacial score (nSPS) is 14.3. The van der Waals surface area contributed by atoms with Crippen LogP contribution in [0, 0.1) is 29.1 Å². The van der Waals surface area contributed by atoms with Crippen LogP contribution in [-0.4, -0.2) is 18.8 Å². The molecular formula is C11H8F10N+. The lowest BCUT2D eigenvalue weighted by Crippen LogP contribution is -3.17. The number of hydrogen-bond donors (Lipinski definition) is 1. The first-order valence-corrected chi connectivity index (χ1v) is 5.70. The highest BCUT2D eigenvalue weighted by Crippen LogP contribution is 2.34. The molecule has 0 amide bonds. The van der Waals surface area contributed by atoms with Crippen LogP contribution in [0.4, 0.5) is 49.6 Å². The minimum atomic E-state index is -6.25. The fraction of sp³-hybridized carbons (Fsp3) is 0.455. The lowest BCUT2D eigenvalue weighted by atomic mass is 10.2. The van der Waals surface area contributed by atoms with Crippen molar-refractivity contribution in [2.24, 2.45) is 0 Å². The number of quaternary nitrogens is 1. The summed E-state index contributed by atoms with van der Waals surface area (Å²) in [5.41, 5.74) is -2.25. The maximum atomic E-state index is 13.5. The smallest absolute Gasteiger partial charge is 0.228 e. The summed E-state index contributed by atoms with van der Waals surface area (Å²) in [6, 6.07) is -5.75. The van der Waals surface area contributed by atoms with Crippen molar-refractivity contribution >= 4 is 5.69 Å². The van der Waals surface area contributed by atoms with Crippen molar-refractivity contribution in [1.82, 2.24) is 0 Å². The summed E-state index contributed by atoms with van der Waals surface area (Å²) in [4.78, 5) is -2.21. The Morgan fingerprint density at radius 3 is 1.41 bits per heavy atom. The van der Waals surface area contributed by atoms with Crippen molar-refractivity contribution in [3.8, 4) is 0 Å². The number of nitrogens with one attached hydrogen (secondary N) is 1. The van der Waals surface area contributed by atoms with Gasteiger partial charge in [0, 0.05) is 0 Å². The van der Waals surface area contributed by atoms with E-state index in [2.05, 4.69) is 0 Å². The Labute approximate surface area is 117 Å². The zero-order chi connectivity index (χ0) is 17.5. The first-order valence-electron chi connectivity index (χ1n) is 5.70. The van der Waals surface area contributed by atoms with Gasteiger partial charge in [-0.05, 0) is 6.42 Å². The van der Waals surface area contributed by atoms with E-state index in [9.17, 15) is 43.9 Å². The second-order valence-corrected chi connectivity index (χ2v) is 4.25. The van der Waals surface area contributed by atoms with Gasteiger partial charge in [-0.3, -0.25) is 0 Å². The molecule has 1 rings (SSSR count). The summed E-state index contributed by atoms with van der Waals surface area (Å²) >= 11 is 0. The molecule has 0 fully saturated rings. The summed E-state index contributed by atoms with van der Waals surface area (Å²) < 4.78 is 130. The highest BCUT2D eigenvalue weighted by Gasteiger charge is 2.68. The molecule has 0 heterocycles. The van der Waals surface area contributed by atoms with Crippen molar-refractivity contribution in [2.75, 3.05) is 6.54 Å². The summed E-state index contributed by atoms with van der Waals surface area (Å²) in [7, 11) is 0. The molecule has 22 heavy (non-hydrogen) atoms. The number of rotatable bonds is 4. The average molecular weight is 344 g/mol. The van der Waals surface area contributed by atoms with Crippen LogP contribution >= 0.6 is 0 Å². The molecule has 0 aliphatic heterocycles. The van der Waals surface area contributed by atoms with Gasteiger partial charge >= 0.3 is 12.2 Å². The van der Waals surface area contributed by atoms with Crippen LogP contribution in [0.1, 0.15) is 13.3 Å². The van der Waals surface area contributed by atoms with Crippen molar-refractivity contribution in [3.63, 3.8) is 0 Å². The summed E-state index contributed by atoms with van der Waals surface area (Å²) in [5.74, 6) is -13.3. The highest BCUT2D eigenvalue weighted by molar-refractivity contribution is 5.36. The fourth-order valence-corrected chi connectivity index (χ4v) is 1.73. The lowest BCUT2D eigenvalue weighted by Gasteiger charge is -2.28. The van der Waals surface area contributed by atoms with E-state index in [0.717, 1.165) is 6.92 Å². The minimum Gasteiger partial charge on any atom is -0.228 e. The first-order chi connectivity index (χ1) is 9.87. The van der Waals surface area contributed by atoms with Gasteiger partial charge in [-0.15, -0.1) is 8.78 Å². The molecule has 1 N–H and O–H groups in total. The van der Waals surface area contributed by atoms with E-state index in [-0.39, 0.29) is 0 Å². The van der Waals surface area contributed by atoms with E-state index >= 15 is 0 Å². The van der Waals surface area contributed by atoms with E-state index in [1.165, 1.54) is 0 Å². The molecule has 0 aliphatic carbocycles. The topological polar surface area (TPSA) is 4.44 Å². The van der Waals surface area contributed by atoms with E-state index in [1.54, 1.807) is 0 Å². The van der Waals surface area contributed by atoms with Crippen LogP contribution in [0.5, 0.6) is 0 Å². The third kappa shape index (κ3) is 2.85. The van der Waals surface area contributed by atoms with Crippen LogP contribution < -0.4 is 4.90 Å². The molecule has 1 aromatic carbocycles. The first kappa shape index (κ1) is 18.5. The fourth-order valence-electron chi connectivity index (χ4n) is 1.73. The minimum absolute atomic E-state index is 0.444. The molecule has 0 spiro atoms. The number of hydrogen-bond acceptors (Lipinski definition) is 0. The Morgan fingerprint density at radius 1 is 0.727 bits per heavy atom. The van der Waals surface area contributed by atoms with Gasteiger partial charge in [-0.25, -0.2) is 18.1 Å². The number of halogens is 10. The van der Waals surface area contributed by atoms with Crippen LogP contribution in [0.3, 0.4) is 0 Å². The predicted octanol–water partition coefficient (Wildman–Crippen LogP) is 3.46. The number of alkyl halides is 5. The van der Waals surface area contributed by atoms with Gasteiger partial charge < -0.3 is 0 Å². The molecule has 126 valence electrons. The Morgan fingerprint density at radius 2 is 1.09 bits per heavy atom. The number of benzene rings is 1. The molecule has 0 saturated carbocycles. The standard InChI is InChI=1S/C11H7F10N/c1-2-3-22(11(20,21)10(17,18)19)9-7(15)5(13)4(12)6(14)8(9)16/h2-3H2,1H3/p+1. The molecule has 1 atom stereocenters. The molecule has 0 saturated heterocycles. The van der Waals surface area contributed by atoms with Crippen molar-refractivity contribution in [3.05, 3.63) is 29.1 Å². The van der Waals surface area contributed by atoms with Gasteiger partial charge in [0.25, 0.3) is 0 Å². The second-order valence-electron chi connectivity index (χ2n) is 4.25. The van der Waals surface area contributed by atoms with Crippen LogP contribution in [0.25, 0.3) is 0 Å². The van der Waals surface area contributed by atoms with Gasteiger partial charge in [0.05, 0.1) is 6.54 Å². The van der Waals surface area contributed by atoms with Gasteiger partial charge in [-0.2, -0.15) is 22.0 Å². The molecule has 0 radical (unpaired) electrons. The van der Waals surface area contributed by atoms with E-state index < -0.39 is 64.9 Å². The molecule has 0 aliphatic rings. The largest absolute Gasteiger partial charge is 0.515 e. The Bertz CT molecular complexity index is 536. The van der Waals surface area contributed by atoms with E-state index in [1.807, 2.05) is 0 Å². The van der Waals surface area contributed by atoms with Crippen molar-refractivity contribution in [1.29, 1.82) is 0 Å². The summed E-state index contributed by atoms with van der Waals surface area (Å²) in [6.45, 7) is -0.122. The maximum absolute atomic E-state index is 13.5.